The first-order chi connectivity index (χ1) is 18.4. The van der Waals surface area contributed by atoms with Crippen molar-refractivity contribution in [2.75, 3.05) is 13.2 Å². The molecule has 38 heavy (non-hydrogen) atoms. The standard InChI is InChI=1S/C28H22BrIN2O4S2/c1-3-35-25-17(13-18(29)15-19(25)30)14-21-26(33)32-24(20-11-8-12-37-20)22(27(34)36-4-2)23(31-28(32)38-21)16-9-6-5-7-10-16/h5-15,24H,3-4H2,1-2H3/b21-14-/t24-/m1/s1. The molecule has 1 atom stereocenters. The van der Waals surface area contributed by atoms with E-state index in [1.807, 2.05) is 73.0 Å². The van der Waals surface area contributed by atoms with Crippen molar-refractivity contribution in [2.24, 2.45) is 4.99 Å². The minimum absolute atomic E-state index is 0.216. The molecule has 6 nitrogen and oxygen atoms in total. The van der Waals surface area contributed by atoms with Crippen LogP contribution < -0.4 is 19.6 Å². The molecule has 0 unspecified atom stereocenters. The fourth-order valence-corrected chi connectivity index (χ4v) is 7.80. The van der Waals surface area contributed by atoms with Gasteiger partial charge in [-0.2, -0.15) is 0 Å². The van der Waals surface area contributed by atoms with Crippen LogP contribution in [-0.2, 0) is 9.53 Å². The number of carbonyl (C=O) groups excluding carboxylic acids is 1. The van der Waals surface area contributed by atoms with E-state index in [0.29, 0.717) is 33.0 Å². The van der Waals surface area contributed by atoms with Gasteiger partial charge < -0.3 is 9.47 Å². The zero-order valence-electron chi connectivity index (χ0n) is 20.4. The molecule has 5 rings (SSSR count). The largest absolute Gasteiger partial charge is 0.492 e. The summed E-state index contributed by atoms with van der Waals surface area (Å²) in [5, 5.41) is 1.94. The third-order valence-electron chi connectivity index (χ3n) is 5.80. The molecule has 0 N–H and O–H groups in total. The van der Waals surface area contributed by atoms with Gasteiger partial charge in [0.25, 0.3) is 5.56 Å². The summed E-state index contributed by atoms with van der Waals surface area (Å²) in [7, 11) is 0. The van der Waals surface area contributed by atoms with E-state index < -0.39 is 12.0 Å². The van der Waals surface area contributed by atoms with E-state index in [4.69, 9.17) is 14.5 Å². The molecular weight excluding hydrogens is 699 g/mol. The van der Waals surface area contributed by atoms with Gasteiger partial charge in [0.05, 0.1) is 32.6 Å². The van der Waals surface area contributed by atoms with E-state index in [0.717, 1.165) is 24.0 Å². The topological polar surface area (TPSA) is 69.9 Å². The molecule has 3 heterocycles. The van der Waals surface area contributed by atoms with E-state index in [1.54, 1.807) is 11.5 Å². The predicted molar refractivity (Wildman–Crippen MR) is 163 cm³/mol. The second-order valence-electron chi connectivity index (χ2n) is 8.19. The number of nitrogens with zero attached hydrogens (tertiary/aromatic N) is 2. The number of hydrogen-bond donors (Lipinski definition) is 0. The molecule has 4 aromatic rings. The highest BCUT2D eigenvalue weighted by Crippen LogP contribution is 2.37. The Hall–Kier alpha value is -2.54. The number of thiazole rings is 1. The van der Waals surface area contributed by atoms with Crippen molar-refractivity contribution >= 4 is 78.9 Å². The van der Waals surface area contributed by atoms with Gasteiger partial charge in [0.1, 0.15) is 11.8 Å². The summed E-state index contributed by atoms with van der Waals surface area (Å²) in [6, 6.07) is 16.6. The van der Waals surface area contributed by atoms with Crippen molar-refractivity contribution in [2.45, 2.75) is 19.9 Å². The zero-order chi connectivity index (χ0) is 26.8. The highest BCUT2D eigenvalue weighted by Gasteiger charge is 2.35. The zero-order valence-corrected chi connectivity index (χ0v) is 25.8. The van der Waals surface area contributed by atoms with Gasteiger partial charge in [-0.05, 0) is 66.1 Å². The van der Waals surface area contributed by atoms with Gasteiger partial charge in [0.15, 0.2) is 4.80 Å². The molecule has 0 fully saturated rings. The normalized spacial score (nSPS) is 15.3. The Kier molecular flexibility index (Phi) is 8.32. The van der Waals surface area contributed by atoms with Gasteiger partial charge in [-0.3, -0.25) is 9.36 Å². The molecule has 2 aromatic heterocycles. The van der Waals surface area contributed by atoms with Crippen molar-refractivity contribution in [1.82, 2.24) is 4.57 Å². The number of carbonyl (C=O) groups is 1. The monoisotopic (exact) mass is 720 g/mol. The molecule has 0 saturated carbocycles. The maximum atomic E-state index is 14.0. The molecule has 1 aliphatic heterocycles. The van der Waals surface area contributed by atoms with E-state index in [2.05, 4.69) is 38.5 Å². The minimum Gasteiger partial charge on any atom is -0.492 e. The average Bonchev–Trinajstić information content (AvgIpc) is 3.54. The summed E-state index contributed by atoms with van der Waals surface area (Å²) < 4.78 is 15.3. The summed E-state index contributed by atoms with van der Waals surface area (Å²) in [6.45, 7) is 4.42. The van der Waals surface area contributed by atoms with Gasteiger partial charge >= 0.3 is 5.97 Å². The van der Waals surface area contributed by atoms with E-state index in [-0.39, 0.29) is 12.2 Å². The predicted octanol–water partition coefficient (Wildman–Crippen LogP) is 5.76. The number of ether oxygens (including phenoxy) is 2. The quantitative estimate of drug-likeness (QED) is 0.180. The number of benzene rings is 2. The molecule has 10 heteroatoms. The van der Waals surface area contributed by atoms with E-state index in [9.17, 15) is 9.59 Å². The molecule has 0 bridgehead atoms. The van der Waals surface area contributed by atoms with Crippen LogP contribution in [0.3, 0.4) is 0 Å². The minimum atomic E-state index is -0.656. The lowest BCUT2D eigenvalue weighted by Crippen LogP contribution is -2.39. The number of aromatic nitrogens is 1. The second kappa shape index (κ2) is 11.7. The van der Waals surface area contributed by atoms with Crippen molar-refractivity contribution in [3.05, 3.63) is 109 Å². The summed E-state index contributed by atoms with van der Waals surface area (Å²) in [5.41, 5.74) is 2.22. The lowest BCUT2D eigenvalue weighted by molar-refractivity contribution is -0.138. The summed E-state index contributed by atoms with van der Waals surface area (Å²) in [4.78, 5) is 33.7. The van der Waals surface area contributed by atoms with Crippen LogP contribution in [0.2, 0.25) is 0 Å². The van der Waals surface area contributed by atoms with Gasteiger partial charge in [-0.1, -0.05) is 63.7 Å². The van der Waals surface area contributed by atoms with Crippen LogP contribution in [0.4, 0.5) is 0 Å². The third-order valence-corrected chi connectivity index (χ3v) is 8.97. The first-order valence-electron chi connectivity index (χ1n) is 11.9. The Morgan fingerprint density at radius 2 is 1.95 bits per heavy atom. The molecule has 2 aromatic carbocycles. The first kappa shape index (κ1) is 27.0. The first-order valence-corrected chi connectivity index (χ1v) is 15.4. The molecule has 0 saturated heterocycles. The fourth-order valence-electron chi connectivity index (χ4n) is 4.28. The number of fused-ring (bicyclic) bond motifs is 1. The summed E-state index contributed by atoms with van der Waals surface area (Å²) in [6.07, 6.45) is 1.84. The number of halogens is 2. The summed E-state index contributed by atoms with van der Waals surface area (Å²) >= 11 is 8.57. The van der Waals surface area contributed by atoms with Gasteiger partial charge in [-0.15, -0.1) is 11.3 Å². The number of thiophene rings is 1. The van der Waals surface area contributed by atoms with Gasteiger partial charge in [0.2, 0.25) is 0 Å². The Labute approximate surface area is 249 Å². The van der Waals surface area contributed by atoms with Crippen molar-refractivity contribution in [3.63, 3.8) is 0 Å². The van der Waals surface area contributed by atoms with Crippen LogP contribution in [0, 0.1) is 3.57 Å². The van der Waals surface area contributed by atoms with Crippen LogP contribution in [0.1, 0.15) is 35.9 Å². The van der Waals surface area contributed by atoms with Crippen LogP contribution in [-0.4, -0.2) is 23.8 Å². The van der Waals surface area contributed by atoms with Gasteiger partial charge in [0, 0.05) is 20.5 Å². The SMILES string of the molecule is CCOC(=O)C1=C(c2ccccc2)N=c2s/c(=C\c3cc(Br)cc(I)c3OCC)c(=O)n2[C@@H]1c1cccs1. The number of esters is 1. The maximum Gasteiger partial charge on any atom is 0.338 e. The lowest BCUT2D eigenvalue weighted by atomic mass is 9.97. The number of rotatable bonds is 7. The Balaban J connectivity index is 1.81. The molecule has 194 valence electrons. The highest BCUT2D eigenvalue weighted by atomic mass is 127. The van der Waals surface area contributed by atoms with Crippen LogP contribution in [0.5, 0.6) is 5.75 Å². The van der Waals surface area contributed by atoms with E-state index in [1.165, 1.54) is 22.7 Å². The molecule has 0 spiro atoms. The fraction of sp³-hybridized carbons (Fsp3) is 0.179. The highest BCUT2D eigenvalue weighted by molar-refractivity contribution is 14.1. The van der Waals surface area contributed by atoms with Crippen molar-refractivity contribution in [1.29, 1.82) is 0 Å². The van der Waals surface area contributed by atoms with Crippen LogP contribution in [0.15, 0.2) is 79.8 Å². The molecular formula is C28H22BrIN2O4S2. The molecule has 0 radical (unpaired) electrons. The summed E-state index contributed by atoms with van der Waals surface area (Å²) in [5.74, 6) is 0.233. The van der Waals surface area contributed by atoms with Crippen molar-refractivity contribution < 1.29 is 14.3 Å². The molecule has 0 amide bonds. The Morgan fingerprint density at radius 1 is 1.16 bits per heavy atom. The van der Waals surface area contributed by atoms with Gasteiger partial charge in [-0.25, -0.2) is 9.79 Å². The van der Waals surface area contributed by atoms with Crippen molar-refractivity contribution in [3.8, 4) is 5.75 Å². The van der Waals surface area contributed by atoms with E-state index >= 15 is 0 Å². The Bertz CT molecular complexity index is 1710. The molecule has 1 aliphatic rings. The third kappa shape index (κ3) is 5.18. The maximum absolute atomic E-state index is 14.0. The number of hydrogen-bond acceptors (Lipinski definition) is 7. The van der Waals surface area contributed by atoms with Crippen LogP contribution >= 0.6 is 61.2 Å². The average molecular weight is 721 g/mol. The second-order valence-corrected chi connectivity index (χ2v) is 12.3. The van der Waals surface area contributed by atoms with Crippen LogP contribution in [0.25, 0.3) is 11.8 Å². The Morgan fingerprint density at radius 3 is 2.63 bits per heavy atom. The smallest absolute Gasteiger partial charge is 0.338 e. The molecule has 0 aliphatic carbocycles. The lowest BCUT2D eigenvalue weighted by Gasteiger charge is -2.24.